The van der Waals surface area contributed by atoms with Crippen molar-refractivity contribution in [3.05, 3.63) is 0 Å². The van der Waals surface area contributed by atoms with Crippen LogP contribution in [-0.2, 0) is 4.74 Å². The molecule has 0 amide bonds. The third kappa shape index (κ3) is 4.57. The summed E-state index contributed by atoms with van der Waals surface area (Å²) in [5.74, 6) is 0. The second-order valence-corrected chi connectivity index (χ2v) is 3.77. The van der Waals surface area contributed by atoms with Crippen LogP contribution in [0.15, 0.2) is 0 Å². The van der Waals surface area contributed by atoms with Gasteiger partial charge in [-0.25, -0.2) is 0 Å². The molecule has 0 radical (unpaired) electrons. The number of likely N-dealkylation sites (tertiary alicyclic amines) is 1. The van der Waals surface area contributed by atoms with Crippen LogP contribution in [0.3, 0.4) is 0 Å². The van der Waals surface area contributed by atoms with Gasteiger partial charge in [-0.3, -0.25) is 4.90 Å². The zero-order valence-corrected chi connectivity index (χ0v) is 8.49. The van der Waals surface area contributed by atoms with Crippen molar-refractivity contribution in [3.63, 3.8) is 0 Å². The molecule has 0 aliphatic carbocycles. The predicted octanol–water partition coefficient (Wildman–Crippen LogP) is -0.365. The molecule has 1 aliphatic heterocycles. The molecular formula is C9H20N2O2. The molecule has 0 spiro atoms. The van der Waals surface area contributed by atoms with E-state index in [1.165, 1.54) is 0 Å². The molecule has 2 N–H and O–H groups in total. The van der Waals surface area contributed by atoms with Gasteiger partial charge < -0.3 is 15.2 Å². The summed E-state index contributed by atoms with van der Waals surface area (Å²) in [7, 11) is 0. The highest BCUT2D eigenvalue weighted by Crippen LogP contribution is 2.03. The molecule has 13 heavy (non-hydrogen) atoms. The first-order valence-corrected chi connectivity index (χ1v) is 4.91. The van der Waals surface area contributed by atoms with Gasteiger partial charge in [-0.15, -0.1) is 0 Å². The normalized spacial score (nSPS) is 19.4. The lowest BCUT2D eigenvalue weighted by molar-refractivity contribution is -0.00438. The van der Waals surface area contributed by atoms with Crippen molar-refractivity contribution in [3.8, 4) is 0 Å². The predicted molar refractivity (Wildman–Crippen MR) is 51.5 cm³/mol. The molecule has 1 heterocycles. The zero-order valence-electron chi connectivity index (χ0n) is 8.49. The molecule has 0 aromatic rings. The van der Waals surface area contributed by atoms with Crippen molar-refractivity contribution in [2.75, 3.05) is 32.9 Å². The lowest BCUT2D eigenvalue weighted by atomic mass is 10.2. The van der Waals surface area contributed by atoms with E-state index in [4.69, 9.17) is 9.84 Å². The highest BCUT2D eigenvalue weighted by molar-refractivity contribution is 4.77. The van der Waals surface area contributed by atoms with Gasteiger partial charge in [0.15, 0.2) is 0 Å². The Morgan fingerprint density at radius 3 is 2.77 bits per heavy atom. The van der Waals surface area contributed by atoms with Crippen molar-refractivity contribution in [2.24, 2.45) is 0 Å². The Balaban J connectivity index is 1.79. The van der Waals surface area contributed by atoms with Gasteiger partial charge in [0.05, 0.1) is 18.8 Å². The molecule has 0 aromatic heterocycles. The molecule has 4 nitrogen and oxygen atoms in total. The van der Waals surface area contributed by atoms with E-state index in [9.17, 15) is 0 Å². The van der Waals surface area contributed by atoms with Crippen LogP contribution in [0, 0.1) is 0 Å². The third-order valence-corrected chi connectivity index (χ3v) is 2.00. The third-order valence-electron chi connectivity index (χ3n) is 2.00. The summed E-state index contributed by atoms with van der Waals surface area (Å²) in [6.07, 6.45) is 0.210. The number of hydrogen-bond acceptors (Lipinski definition) is 4. The zero-order chi connectivity index (χ0) is 9.68. The molecule has 0 bridgehead atoms. The van der Waals surface area contributed by atoms with Crippen LogP contribution in [0.1, 0.15) is 13.8 Å². The minimum Gasteiger partial charge on any atom is -0.390 e. The molecule has 1 saturated heterocycles. The van der Waals surface area contributed by atoms with Crippen molar-refractivity contribution in [1.29, 1.82) is 0 Å². The fourth-order valence-electron chi connectivity index (χ4n) is 1.28. The summed E-state index contributed by atoms with van der Waals surface area (Å²) in [5.41, 5.74) is 0. The number of β-amino-alcohol motifs (C(OH)–C–C–N with tert-alkyl or cyclic N) is 1. The molecule has 78 valence electrons. The van der Waals surface area contributed by atoms with Crippen LogP contribution in [0.25, 0.3) is 0 Å². The average molecular weight is 188 g/mol. The minimum absolute atomic E-state index is 0.103. The number of rotatable bonds is 6. The van der Waals surface area contributed by atoms with Crippen molar-refractivity contribution in [2.45, 2.75) is 26.1 Å². The van der Waals surface area contributed by atoms with Crippen LogP contribution in [0.4, 0.5) is 0 Å². The average Bonchev–Trinajstić information content (AvgIpc) is 1.99. The topological polar surface area (TPSA) is 44.7 Å². The Bertz CT molecular complexity index is 136. The second-order valence-electron chi connectivity index (χ2n) is 3.77. The maximum Gasteiger partial charge on any atom is 0.0794 e. The highest BCUT2D eigenvalue weighted by Gasteiger charge is 2.22. The Morgan fingerprint density at radius 1 is 1.54 bits per heavy atom. The molecular weight excluding hydrogens is 168 g/mol. The maximum atomic E-state index is 9.00. The summed E-state index contributed by atoms with van der Waals surface area (Å²) in [6, 6.07) is 0. The van der Waals surface area contributed by atoms with Crippen LogP contribution in [-0.4, -0.2) is 55.1 Å². The quantitative estimate of drug-likeness (QED) is 0.559. The lowest BCUT2D eigenvalue weighted by Crippen LogP contribution is -2.54. The van der Waals surface area contributed by atoms with E-state index in [-0.39, 0.29) is 6.10 Å². The Hall–Kier alpha value is -0.160. The standard InChI is InChI=1S/C9H20N2O2/c1-8(2)13-4-3-10-7-11-5-9(12)6-11/h8-10,12H,3-7H2,1-2H3. The summed E-state index contributed by atoms with van der Waals surface area (Å²) in [5, 5.41) is 12.3. The van der Waals surface area contributed by atoms with Crippen LogP contribution in [0.5, 0.6) is 0 Å². The summed E-state index contributed by atoms with van der Waals surface area (Å²) in [4.78, 5) is 2.17. The first-order chi connectivity index (χ1) is 6.18. The van der Waals surface area contributed by atoms with Crippen molar-refractivity contribution >= 4 is 0 Å². The summed E-state index contributed by atoms with van der Waals surface area (Å²) in [6.45, 7) is 8.17. The molecule has 0 aromatic carbocycles. The van der Waals surface area contributed by atoms with E-state index in [0.717, 1.165) is 32.9 Å². The smallest absolute Gasteiger partial charge is 0.0794 e. The molecule has 1 rings (SSSR count). The Morgan fingerprint density at radius 2 is 2.23 bits per heavy atom. The molecule has 1 fully saturated rings. The summed E-state index contributed by atoms with van der Waals surface area (Å²) >= 11 is 0. The number of aliphatic hydroxyl groups is 1. The van der Waals surface area contributed by atoms with Crippen molar-refractivity contribution in [1.82, 2.24) is 10.2 Å². The van der Waals surface area contributed by atoms with Gasteiger partial charge in [0, 0.05) is 26.3 Å². The highest BCUT2D eigenvalue weighted by atomic mass is 16.5. The molecule has 0 atom stereocenters. The number of nitrogens with zero attached hydrogens (tertiary/aromatic N) is 1. The SMILES string of the molecule is CC(C)OCCNCN1CC(O)C1. The van der Waals surface area contributed by atoms with E-state index in [2.05, 4.69) is 10.2 Å². The van der Waals surface area contributed by atoms with E-state index in [1.807, 2.05) is 13.8 Å². The van der Waals surface area contributed by atoms with Crippen LogP contribution < -0.4 is 5.32 Å². The van der Waals surface area contributed by atoms with Crippen LogP contribution in [0.2, 0.25) is 0 Å². The van der Waals surface area contributed by atoms with Crippen LogP contribution >= 0.6 is 0 Å². The van der Waals surface area contributed by atoms with Crippen molar-refractivity contribution < 1.29 is 9.84 Å². The first-order valence-electron chi connectivity index (χ1n) is 4.91. The second kappa shape index (κ2) is 5.54. The Labute approximate surface area is 79.9 Å². The fourth-order valence-corrected chi connectivity index (χ4v) is 1.28. The van der Waals surface area contributed by atoms with Gasteiger partial charge in [0.25, 0.3) is 0 Å². The minimum atomic E-state index is -0.103. The summed E-state index contributed by atoms with van der Waals surface area (Å²) < 4.78 is 5.37. The van der Waals surface area contributed by atoms with Gasteiger partial charge in [-0.1, -0.05) is 0 Å². The molecule has 4 heteroatoms. The van der Waals surface area contributed by atoms with E-state index in [1.54, 1.807) is 0 Å². The van der Waals surface area contributed by atoms with Gasteiger partial charge in [-0.05, 0) is 13.8 Å². The van der Waals surface area contributed by atoms with E-state index < -0.39 is 0 Å². The monoisotopic (exact) mass is 188 g/mol. The maximum absolute atomic E-state index is 9.00. The van der Waals surface area contributed by atoms with E-state index >= 15 is 0 Å². The fraction of sp³-hybridized carbons (Fsp3) is 1.00. The molecule has 0 unspecified atom stereocenters. The largest absolute Gasteiger partial charge is 0.390 e. The first kappa shape index (κ1) is 10.9. The van der Waals surface area contributed by atoms with Gasteiger partial charge in [0.1, 0.15) is 0 Å². The number of aliphatic hydroxyl groups excluding tert-OH is 1. The van der Waals surface area contributed by atoms with Gasteiger partial charge in [-0.2, -0.15) is 0 Å². The number of hydrogen-bond donors (Lipinski definition) is 2. The number of ether oxygens (including phenoxy) is 1. The Kier molecular flexibility index (Phi) is 4.66. The lowest BCUT2D eigenvalue weighted by Gasteiger charge is -2.35. The molecule has 1 aliphatic rings. The molecule has 0 saturated carbocycles. The van der Waals surface area contributed by atoms with Gasteiger partial charge >= 0.3 is 0 Å². The number of nitrogens with one attached hydrogen (secondary N) is 1. The van der Waals surface area contributed by atoms with E-state index in [0.29, 0.717) is 6.10 Å². The van der Waals surface area contributed by atoms with Gasteiger partial charge in [0.2, 0.25) is 0 Å².